The van der Waals surface area contributed by atoms with Crippen LogP contribution in [-0.4, -0.2) is 0 Å². The topological polar surface area (TPSA) is 0 Å². The Kier molecular flexibility index (Phi) is 4.28. The second kappa shape index (κ2) is 5.88. The molecule has 0 radical (unpaired) electrons. The molecule has 24 heavy (non-hydrogen) atoms. The molecular weight excluding hydrogens is 356 g/mol. The summed E-state index contributed by atoms with van der Waals surface area (Å²) in [6, 6.07) is 13.3. The third-order valence-corrected chi connectivity index (χ3v) is 6.24. The summed E-state index contributed by atoms with van der Waals surface area (Å²) in [6.07, 6.45) is 2.49. The van der Waals surface area contributed by atoms with E-state index < -0.39 is 0 Å². The Morgan fingerprint density at radius 2 is 1.42 bits per heavy atom. The quantitative estimate of drug-likeness (QED) is 0.516. The SMILES string of the molecule is C=C(c1ccc(Br)cc1)c1cc2c(cc1C)C(C)(C)CCC2(C)C. The normalized spacial score (nSPS) is 18.1. The van der Waals surface area contributed by atoms with Gasteiger partial charge in [-0.25, -0.2) is 0 Å². The summed E-state index contributed by atoms with van der Waals surface area (Å²) in [7, 11) is 0. The molecule has 0 nitrogen and oxygen atoms in total. The van der Waals surface area contributed by atoms with E-state index in [9.17, 15) is 0 Å². The minimum Gasteiger partial charge on any atom is -0.0905 e. The maximum Gasteiger partial charge on any atom is 0.0175 e. The molecule has 2 aromatic rings. The molecule has 1 heteroatoms. The lowest BCUT2D eigenvalue weighted by molar-refractivity contribution is 0.331. The summed E-state index contributed by atoms with van der Waals surface area (Å²) in [5.74, 6) is 0. The predicted molar refractivity (Wildman–Crippen MR) is 109 cm³/mol. The van der Waals surface area contributed by atoms with Crippen LogP contribution in [0.3, 0.4) is 0 Å². The number of fused-ring (bicyclic) bond motifs is 1. The largest absolute Gasteiger partial charge is 0.0905 e. The zero-order valence-electron chi connectivity index (χ0n) is 15.5. The van der Waals surface area contributed by atoms with Crippen molar-refractivity contribution >= 4 is 21.5 Å². The fourth-order valence-electron chi connectivity index (χ4n) is 3.85. The fourth-order valence-corrected chi connectivity index (χ4v) is 4.12. The van der Waals surface area contributed by atoms with Crippen molar-refractivity contribution in [1.29, 1.82) is 0 Å². The van der Waals surface area contributed by atoms with Crippen molar-refractivity contribution in [1.82, 2.24) is 0 Å². The van der Waals surface area contributed by atoms with E-state index in [0.717, 1.165) is 10.0 Å². The summed E-state index contributed by atoms with van der Waals surface area (Å²) in [6.45, 7) is 16.1. The Morgan fingerprint density at radius 3 is 1.96 bits per heavy atom. The lowest BCUT2D eigenvalue weighted by Gasteiger charge is -2.42. The molecule has 0 amide bonds. The Bertz CT molecular complexity index is 792. The molecule has 0 N–H and O–H groups in total. The third kappa shape index (κ3) is 2.99. The van der Waals surface area contributed by atoms with Crippen molar-refractivity contribution in [3.8, 4) is 0 Å². The van der Waals surface area contributed by atoms with E-state index in [1.807, 2.05) is 0 Å². The average Bonchev–Trinajstić information content (AvgIpc) is 2.52. The third-order valence-electron chi connectivity index (χ3n) is 5.72. The van der Waals surface area contributed by atoms with Gasteiger partial charge in [0.15, 0.2) is 0 Å². The van der Waals surface area contributed by atoms with E-state index in [0.29, 0.717) is 0 Å². The fraction of sp³-hybridized carbons (Fsp3) is 0.391. The van der Waals surface area contributed by atoms with Gasteiger partial charge >= 0.3 is 0 Å². The van der Waals surface area contributed by atoms with Crippen molar-refractivity contribution in [2.24, 2.45) is 0 Å². The first-order chi connectivity index (χ1) is 11.1. The van der Waals surface area contributed by atoms with Gasteiger partial charge in [-0.2, -0.15) is 0 Å². The zero-order valence-corrected chi connectivity index (χ0v) is 17.0. The molecular formula is C23H27Br. The molecule has 0 saturated heterocycles. The molecule has 1 aliphatic rings. The highest BCUT2D eigenvalue weighted by atomic mass is 79.9. The van der Waals surface area contributed by atoms with Gasteiger partial charge in [-0.1, -0.05) is 74.5 Å². The molecule has 0 saturated carbocycles. The van der Waals surface area contributed by atoms with Gasteiger partial charge in [0, 0.05) is 4.47 Å². The first-order valence-corrected chi connectivity index (χ1v) is 9.52. The summed E-state index contributed by atoms with van der Waals surface area (Å²) in [5, 5.41) is 0. The Labute approximate surface area is 155 Å². The van der Waals surface area contributed by atoms with Crippen LogP contribution in [-0.2, 0) is 10.8 Å². The highest BCUT2D eigenvalue weighted by molar-refractivity contribution is 9.10. The van der Waals surface area contributed by atoms with Crippen LogP contribution in [0, 0.1) is 6.92 Å². The second-order valence-electron chi connectivity index (χ2n) is 8.47. The minimum atomic E-state index is 0.229. The van der Waals surface area contributed by atoms with Crippen LogP contribution in [0.25, 0.3) is 5.57 Å². The summed E-state index contributed by atoms with van der Waals surface area (Å²) in [5.41, 5.74) is 8.41. The van der Waals surface area contributed by atoms with E-state index in [4.69, 9.17) is 0 Å². The molecule has 0 heterocycles. The average molecular weight is 383 g/mol. The van der Waals surface area contributed by atoms with E-state index in [2.05, 4.69) is 93.5 Å². The van der Waals surface area contributed by atoms with Crippen molar-refractivity contribution in [3.63, 3.8) is 0 Å². The van der Waals surface area contributed by atoms with Crippen LogP contribution in [0.15, 0.2) is 47.4 Å². The van der Waals surface area contributed by atoms with Gasteiger partial charge in [-0.15, -0.1) is 0 Å². The lowest BCUT2D eigenvalue weighted by Crippen LogP contribution is -2.34. The molecule has 0 bridgehead atoms. The number of halogens is 1. The zero-order chi connectivity index (χ0) is 17.7. The second-order valence-corrected chi connectivity index (χ2v) is 9.38. The standard InChI is InChI=1S/C23H27Br/c1-15-13-20-21(23(5,6)12-11-22(20,3)4)14-19(15)16(2)17-7-9-18(24)10-8-17/h7-10,13-14H,2,11-12H2,1,3-6H3. The molecule has 1 aliphatic carbocycles. The molecule has 0 aromatic heterocycles. The number of aryl methyl sites for hydroxylation is 1. The number of hydrogen-bond acceptors (Lipinski definition) is 0. The highest BCUT2D eigenvalue weighted by Crippen LogP contribution is 2.47. The molecule has 2 aromatic carbocycles. The number of rotatable bonds is 2. The Morgan fingerprint density at radius 1 is 0.917 bits per heavy atom. The Hall–Kier alpha value is -1.34. The van der Waals surface area contributed by atoms with Crippen LogP contribution in [0.2, 0.25) is 0 Å². The van der Waals surface area contributed by atoms with E-state index >= 15 is 0 Å². The van der Waals surface area contributed by atoms with Gasteiger partial charge in [0.25, 0.3) is 0 Å². The van der Waals surface area contributed by atoms with Gasteiger partial charge in [-0.3, -0.25) is 0 Å². The van der Waals surface area contributed by atoms with Crippen LogP contribution >= 0.6 is 15.9 Å². The molecule has 0 fully saturated rings. The van der Waals surface area contributed by atoms with Crippen LogP contribution < -0.4 is 0 Å². The van der Waals surface area contributed by atoms with Gasteiger partial charge < -0.3 is 0 Å². The van der Waals surface area contributed by atoms with E-state index in [1.165, 1.54) is 40.7 Å². The number of hydrogen-bond donors (Lipinski definition) is 0. The summed E-state index contributed by atoms with van der Waals surface area (Å²) >= 11 is 3.51. The minimum absolute atomic E-state index is 0.229. The van der Waals surface area contributed by atoms with Crippen LogP contribution in [0.4, 0.5) is 0 Å². The van der Waals surface area contributed by atoms with Crippen LogP contribution in [0.1, 0.15) is 68.4 Å². The Balaban J connectivity index is 2.14. The van der Waals surface area contributed by atoms with Gasteiger partial charge in [0.1, 0.15) is 0 Å². The van der Waals surface area contributed by atoms with Crippen molar-refractivity contribution in [3.05, 3.63) is 75.3 Å². The molecule has 0 spiro atoms. The van der Waals surface area contributed by atoms with Gasteiger partial charge in [-0.05, 0) is 76.1 Å². The summed E-state index contributed by atoms with van der Waals surface area (Å²) in [4.78, 5) is 0. The molecule has 126 valence electrons. The lowest BCUT2D eigenvalue weighted by atomic mass is 9.62. The molecule has 0 atom stereocenters. The summed E-state index contributed by atoms with van der Waals surface area (Å²) < 4.78 is 1.10. The maximum atomic E-state index is 4.40. The van der Waals surface area contributed by atoms with Gasteiger partial charge in [0.2, 0.25) is 0 Å². The van der Waals surface area contributed by atoms with Crippen LogP contribution in [0.5, 0.6) is 0 Å². The first-order valence-electron chi connectivity index (χ1n) is 8.73. The van der Waals surface area contributed by atoms with E-state index in [1.54, 1.807) is 0 Å². The molecule has 0 unspecified atom stereocenters. The monoisotopic (exact) mass is 382 g/mol. The van der Waals surface area contributed by atoms with E-state index in [-0.39, 0.29) is 10.8 Å². The van der Waals surface area contributed by atoms with Crippen molar-refractivity contribution in [2.75, 3.05) is 0 Å². The number of benzene rings is 2. The van der Waals surface area contributed by atoms with Gasteiger partial charge in [0.05, 0.1) is 0 Å². The smallest absolute Gasteiger partial charge is 0.0175 e. The van der Waals surface area contributed by atoms with Crippen molar-refractivity contribution < 1.29 is 0 Å². The predicted octanol–water partition coefficient (Wildman–Crippen LogP) is 7.17. The molecule has 3 rings (SSSR count). The maximum absolute atomic E-state index is 4.40. The highest BCUT2D eigenvalue weighted by Gasteiger charge is 2.37. The van der Waals surface area contributed by atoms with Crippen molar-refractivity contribution in [2.45, 2.75) is 58.3 Å². The molecule has 0 aliphatic heterocycles. The first kappa shape index (κ1) is 17.5.